The molecule has 6 nitrogen and oxygen atoms in total. The zero-order valence-corrected chi connectivity index (χ0v) is 17.2. The summed E-state index contributed by atoms with van der Waals surface area (Å²) in [5.74, 6) is -0.0733. The summed E-state index contributed by atoms with van der Waals surface area (Å²) in [6.07, 6.45) is 0.971. The lowest BCUT2D eigenvalue weighted by atomic mass is 10.1. The maximum absolute atomic E-state index is 12.8. The van der Waals surface area contributed by atoms with Gasteiger partial charge < -0.3 is 9.80 Å². The number of hydrogen-bond donors (Lipinski definition) is 0. The summed E-state index contributed by atoms with van der Waals surface area (Å²) >= 11 is 0. The second kappa shape index (κ2) is 8.95. The molecule has 0 aliphatic carbocycles. The van der Waals surface area contributed by atoms with E-state index in [1.807, 2.05) is 35.2 Å². The van der Waals surface area contributed by atoms with Gasteiger partial charge >= 0.3 is 0 Å². The molecule has 1 saturated heterocycles. The second-order valence-electron chi connectivity index (χ2n) is 7.47. The van der Waals surface area contributed by atoms with Gasteiger partial charge in [-0.3, -0.25) is 9.59 Å². The highest BCUT2D eigenvalue weighted by Gasteiger charge is 2.22. The van der Waals surface area contributed by atoms with Gasteiger partial charge in [0.1, 0.15) is 6.54 Å². The Labute approximate surface area is 176 Å². The van der Waals surface area contributed by atoms with Crippen LogP contribution in [0.25, 0.3) is 11.3 Å². The number of piperazine rings is 1. The van der Waals surface area contributed by atoms with Gasteiger partial charge in [0.15, 0.2) is 0 Å². The van der Waals surface area contributed by atoms with E-state index >= 15 is 0 Å². The zero-order chi connectivity index (χ0) is 20.9. The Morgan fingerprint density at radius 1 is 0.900 bits per heavy atom. The molecule has 30 heavy (non-hydrogen) atoms. The van der Waals surface area contributed by atoms with Gasteiger partial charge in [0.2, 0.25) is 5.91 Å². The minimum atomic E-state index is -0.264. The molecule has 0 atom stereocenters. The predicted octanol–water partition coefficient (Wildman–Crippen LogP) is 2.82. The van der Waals surface area contributed by atoms with Crippen molar-refractivity contribution >= 4 is 11.6 Å². The lowest BCUT2D eigenvalue weighted by molar-refractivity contribution is -0.132. The fraction of sp³-hybridized carbons (Fsp3) is 0.292. The molecule has 2 heterocycles. The zero-order valence-electron chi connectivity index (χ0n) is 17.2. The van der Waals surface area contributed by atoms with Gasteiger partial charge in [0.25, 0.3) is 5.56 Å². The predicted molar refractivity (Wildman–Crippen MR) is 119 cm³/mol. The first-order valence-corrected chi connectivity index (χ1v) is 10.4. The van der Waals surface area contributed by atoms with Gasteiger partial charge in [-0.1, -0.05) is 49.4 Å². The Bertz CT molecular complexity index is 1050. The molecule has 3 aromatic rings. The maximum atomic E-state index is 12.8. The number of aryl methyl sites for hydroxylation is 1. The maximum Gasteiger partial charge on any atom is 0.267 e. The quantitative estimate of drug-likeness (QED) is 0.659. The Kier molecular flexibility index (Phi) is 5.93. The van der Waals surface area contributed by atoms with Gasteiger partial charge in [-0.05, 0) is 30.2 Å². The highest BCUT2D eigenvalue weighted by molar-refractivity contribution is 5.76. The summed E-state index contributed by atoms with van der Waals surface area (Å²) in [5, 5.41) is 4.44. The van der Waals surface area contributed by atoms with Crippen LogP contribution in [-0.4, -0.2) is 46.8 Å². The van der Waals surface area contributed by atoms with E-state index in [4.69, 9.17) is 0 Å². The Balaban J connectivity index is 1.42. The van der Waals surface area contributed by atoms with E-state index in [9.17, 15) is 9.59 Å². The van der Waals surface area contributed by atoms with Crippen molar-refractivity contribution in [1.29, 1.82) is 0 Å². The van der Waals surface area contributed by atoms with Crippen molar-refractivity contribution < 1.29 is 4.79 Å². The van der Waals surface area contributed by atoms with Gasteiger partial charge in [-0.2, -0.15) is 5.10 Å². The molecule has 1 aliphatic heterocycles. The van der Waals surface area contributed by atoms with Crippen LogP contribution in [0, 0.1) is 0 Å². The van der Waals surface area contributed by atoms with Gasteiger partial charge in [-0.15, -0.1) is 0 Å². The molecule has 4 rings (SSSR count). The van der Waals surface area contributed by atoms with Crippen molar-refractivity contribution in [2.75, 3.05) is 31.1 Å². The van der Waals surface area contributed by atoms with Crippen molar-refractivity contribution in [3.8, 4) is 11.3 Å². The molecule has 0 unspecified atom stereocenters. The van der Waals surface area contributed by atoms with Crippen LogP contribution in [0.5, 0.6) is 0 Å². The lowest BCUT2D eigenvalue weighted by Gasteiger charge is -2.36. The number of benzene rings is 2. The summed E-state index contributed by atoms with van der Waals surface area (Å²) < 4.78 is 1.27. The van der Waals surface area contributed by atoms with Crippen LogP contribution < -0.4 is 10.5 Å². The van der Waals surface area contributed by atoms with Gasteiger partial charge in [0, 0.05) is 43.5 Å². The SMILES string of the molecule is CCc1ccc(-c2ccc(=O)n(CC(=O)N3CCN(c4ccccc4)CC3)n2)cc1. The summed E-state index contributed by atoms with van der Waals surface area (Å²) in [5.41, 5.74) is 3.78. The number of carbonyl (C=O) groups excluding carboxylic acids is 1. The Morgan fingerprint density at radius 3 is 2.27 bits per heavy atom. The Morgan fingerprint density at radius 2 is 1.60 bits per heavy atom. The van der Waals surface area contributed by atoms with Crippen LogP contribution in [0.1, 0.15) is 12.5 Å². The van der Waals surface area contributed by atoms with Gasteiger partial charge in [0.05, 0.1) is 5.69 Å². The molecule has 154 valence electrons. The molecule has 1 fully saturated rings. The topological polar surface area (TPSA) is 58.4 Å². The van der Waals surface area contributed by atoms with Gasteiger partial charge in [-0.25, -0.2) is 4.68 Å². The van der Waals surface area contributed by atoms with E-state index in [1.165, 1.54) is 22.0 Å². The van der Waals surface area contributed by atoms with E-state index in [0.29, 0.717) is 18.8 Å². The number of amides is 1. The number of aromatic nitrogens is 2. The lowest BCUT2D eigenvalue weighted by Crippen LogP contribution is -2.50. The minimum Gasteiger partial charge on any atom is -0.368 e. The average Bonchev–Trinajstić information content (AvgIpc) is 2.81. The molecule has 0 saturated carbocycles. The van der Waals surface area contributed by atoms with Crippen LogP contribution in [-0.2, 0) is 17.8 Å². The monoisotopic (exact) mass is 402 g/mol. The third kappa shape index (κ3) is 4.43. The van der Waals surface area contributed by atoms with Crippen LogP contribution in [0.3, 0.4) is 0 Å². The normalized spacial score (nSPS) is 14.0. The molecule has 0 N–H and O–H groups in total. The summed E-state index contributed by atoms with van der Waals surface area (Å²) in [6.45, 7) is 4.91. The van der Waals surface area contributed by atoms with Crippen molar-refractivity contribution in [2.45, 2.75) is 19.9 Å². The van der Waals surface area contributed by atoms with E-state index < -0.39 is 0 Å². The molecule has 6 heteroatoms. The van der Waals surface area contributed by atoms with E-state index in [0.717, 1.165) is 25.1 Å². The number of carbonyl (C=O) groups is 1. The fourth-order valence-corrected chi connectivity index (χ4v) is 3.71. The van der Waals surface area contributed by atoms with E-state index in [-0.39, 0.29) is 18.0 Å². The summed E-state index contributed by atoms with van der Waals surface area (Å²) in [6, 6.07) is 21.5. The van der Waals surface area contributed by atoms with Crippen molar-refractivity contribution in [1.82, 2.24) is 14.7 Å². The number of nitrogens with zero attached hydrogens (tertiary/aromatic N) is 4. The summed E-state index contributed by atoms with van der Waals surface area (Å²) in [4.78, 5) is 29.2. The minimum absolute atomic E-state index is 0.0367. The van der Waals surface area contributed by atoms with Crippen LogP contribution in [0.4, 0.5) is 5.69 Å². The van der Waals surface area contributed by atoms with Crippen molar-refractivity contribution in [3.05, 3.63) is 82.6 Å². The molecule has 0 bridgehead atoms. The molecule has 1 aromatic heterocycles. The standard InChI is InChI=1S/C24H26N4O2/c1-2-19-8-10-20(11-9-19)22-12-13-23(29)28(25-22)18-24(30)27-16-14-26(15-17-27)21-6-4-3-5-7-21/h3-13H,2,14-18H2,1H3. The number of rotatable bonds is 5. The highest BCUT2D eigenvalue weighted by Crippen LogP contribution is 2.17. The third-order valence-electron chi connectivity index (χ3n) is 5.56. The average molecular weight is 402 g/mol. The molecule has 0 radical (unpaired) electrons. The first-order valence-electron chi connectivity index (χ1n) is 10.4. The van der Waals surface area contributed by atoms with Crippen LogP contribution >= 0.6 is 0 Å². The van der Waals surface area contributed by atoms with Crippen LogP contribution in [0.15, 0.2) is 71.5 Å². The fourth-order valence-electron chi connectivity index (χ4n) is 3.71. The second-order valence-corrected chi connectivity index (χ2v) is 7.47. The molecule has 2 aromatic carbocycles. The van der Waals surface area contributed by atoms with E-state index in [2.05, 4.69) is 41.2 Å². The highest BCUT2D eigenvalue weighted by atomic mass is 16.2. The molecule has 1 aliphatic rings. The summed E-state index contributed by atoms with van der Waals surface area (Å²) in [7, 11) is 0. The first-order chi connectivity index (χ1) is 14.6. The molecule has 1 amide bonds. The molecule has 0 spiro atoms. The smallest absolute Gasteiger partial charge is 0.267 e. The number of anilines is 1. The largest absolute Gasteiger partial charge is 0.368 e. The van der Waals surface area contributed by atoms with Crippen LogP contribution in [0.2, 0.25) is 0 Å². The third-order valence-corrected chi connectivity index (χ3v) is 5.56. The molecular formula is C24H26N4O2. The number of para-hydroxylation sites is 1. The molecular weight excluding hydrogens is 376 g/mol. The van der Waals surface area contributed by atoms with Crippen molar-refractivity contribution in [3.63, 3.8) is 0 Å². The van der Waals surface area contributed by atoms with Crippen molar-refractivity contribution in [2.24, 2.45) is 0 Å². The van der Waals surface area contributed by atoms with E-state index in [1.54, 1.807) is 6.07 Å². The number of hydrogen-bond acceptors (Lipinski definition) is 4. The Hall–Kier alpha value is -3.41. The first kappa shape index (κ1) is 19.9.